The van der Waals surface area contributed by atoms with Gasteiger partial charge < -0.3 is 5.11 Å². The van der Waals surface area contributed by atoms with Gasteiger partial charge in [-0.3, -0.25) is 3.11 Å². The van der Waals surface area contributed by atoms with Gasteiger partial charge in [0.25, 0.3) is 0 Å². The van der Waals surface area contributed by atoms with E-state index in [1.807, 2.05) is 6.07 Å². The van der Waals surface area contributed by atoms with Crippen molar-refractivity contribution in [2.45, 2.75) is 6.18 Å². The Kier molecular flexibility index (Phi) is 5.43. The number of hydrogen-bond acceptors (Lipinski definition) is 3. The van der Waals surface area contributed by atoms with Crippen molar-refractivity contribution in [3.63, 3.8) is 0 Å². The number of anilines is 1. The van der Waals surface area contributed by atoms with Crippen LogP contribution in [0.3, 0.4) is 0 Å². The van der Waals surface area contributed by atoms with Crippen LogP contribution >= 0.6 is 22.9 Å². The summed E-state index contributed by atoms with van der Waals surface area (Å²) < 4.78 is 38.9. The normalized spacial score (nSPS) is 11.7. The molecule has 21 heavy (non-hydrogen) atoms. The summed E-state index contributed by atoms with van der Waals surface area (Å²) >= 11 is 1.71. The molecule has 0 aliphatic rings. The molecule has 110 valence electrons. The van der Waals surface area contributed by atoms with Crippen LogP contribution in [0.1, 0.15) is 5.56 Å². The highest BCUT2D eigenvalue weighted by atomic mass is 127. The Morgan fingerprint density at radius 2 is 2.00 bits per heavy atom. The minimum absolute atomic E-state index is 0.173. The van der Waals surface area contributed by atoms with Crippen molar-refractivity contribution >= 4 is 28.6 Å². The van der Waals surface area contributed by atoms with E-state index in [0.717, 1.165) is 0 Å². The zero-order valence-corrected chi connectivity index (χ0v) is 12.8. The lowest BCUT2D eigenvalue weighted by atomic mass is 10.2. The second kappa shape index (κ2) is 6.67. The van der Waals surface area contributed by atoms with E-state index in [-0.39, 0.29) is 5.70 Å². The number of rotatable bonds is 4. The predicted octanol–water partition coefficient (Wildman–Crippen LogP) is 4.79. The number of alkyl halides is 3. The fourth-order valence-electron chi connectivity index (χ4n) is 1.34. The summed E-state index contributed by atoms with van der Waals surface area (Å²) in [5, 5.41) is 18.3. The molecule has 0 unspecified atom stereocenters. The lowest BCUT2D eigenvalue weighted by molar-refractivity contribution is -0.0878. The molecule has 7 heteroatoms. The van der Waals surface area contributed by atoms with E-state index in [4.69, 9.17) is 5.26 Å². The van der Waals surface area contributed by atoms with Crippen molar-refractivity contribution < 1.29 is 18.3 Å². The van der Waals surface area contributed by atoms with Crippen molar-refractivity contribution in [3.8, 4) is 6.07 Å². The van der Waals surface area contributed by atoms with Crippen LogP contribution in [0.5, 0.6) is 0 Å². The van der Waals surface area contributed by atoms with Gasteiger partial charge in [0.15, 0.2) is 0 Å². The van der Waals surface area contributed by atoms with Crippen LogP contribution in [0, 0.1) is 11.3 Å². The molecule has 3 nitrogen and oxygen atoms in total. The summed E-state index contributed by atoms with van der Waals surface area (Å²) in [4.78, 5) is 0. The number of benzene rings is 1. The third-order valence-electron chi connectivity index (χ3n) is 2.38. The van der Waals surface area contributed by atoms with Crippen LogP contribution in [0.15, 0.2) is 60.5 Å². The van der Waals surface area contributed by atoms with Crippen LogP contribution in [0.25, 0.3) is 0 Å². The van der Waals surface area contributed by atoms with E-state index in [1.165, 1.54) is 9.18 Å². The molecule has 0 aliphatic carbocycles. The Labute approximate surface area is 133 Å². The Morgan fingerprint density at radius 1 is 1.38 bits per heavy atom. The minimum atomic E-state index is -4.60. The average Bonchev–Trinajstić information content (AvgIpc) is 2.42. The van der Waals surface area contributed by atoms with Crippen molar-refractivity contribution in [2.24, 2.45) is 0 Å². The van der Waals surface area contributed by atoms with Crippen molar-refractivity contribution in [1.29, 1.82) is 5.26 Å². The van der Waals surface area contributed by atoms with Crippen LogP contribution < -0.4 is 3.11 Å². The summed E-state index contributed by atoms with van der Waals surface area (Å²) in [6.45, 7) is 6.17. The molecule has 0 amide bonds. The van der Waals surface area contributed by atoms with Crippen molar-refractivity contribution in [1.82, 2.24) is 0 Å². The highest BCUT2D eigenvalue weighted by Gasteiger charge is 2.31. The first-order valence-electron chi connectivity index (χ1n) is 5.49. The molecule has 0 saturated heterocycles. The predicted molar refractivity (Wildman–Crippen MR) is 82.7 cm³/mol. The van der Waals surface area contributed by atoms with Gasteiger partial charge >= 0.3 is 6.18 Å². The molecule has 0 aliphatic heterocycles. The maximum absolute atomic E-state index is 12.5. The summed E-state index contributed by atoms with van der Waals surface area (Å²) in [6, 6.07) is 8.11. The van der Waals surface area contributed by atoms with Gasteiger partial charge in [-0.25, -0.2) is 0 Å². The van der Waals surface area contributed by atoms with Gasteiger partial charge in [-0.2, -0.15) is 18.4 Å². The van der Waals surface area contributed by atoms with Gasteiger partial charge in [-0.1, -0.05) is 19.2 Å². The van der Waals surface area contributed by atoms with Crippen molar-refractivity contribution in [3.05, 3.63) is 66.1 Å². The monoisotopic (exact) mass is 406 g/mol. The van der Waals surface area contributed by atoms with Gasteiger partial charge in [0, 0.05) is 0 Å². The van der Waals surface area contributed by atoms with Crippen LogP contribution in [-0.4, -0.2) is 11.3 Å². The highest BCUT2D eigenvalue weighted by molar-refractivity contribution is 14.1. The number of aliphatic hydroxyl groups excluding tert-OH is 1. The Bertz CT molecular complexity index is 644. The molecule has 0 bridgehead atoms. The number of aliphatic hydroxyl groups is 1. The average molecular weight is 406 g/mol. The van der Waals surface area contributed by atoms with Gasteiger partial charge in [0.1, 0.15) is 5.76 Å². The number of hydrogen-bond donors (Lipinski definition) is 1. The van der Waals surface area contributed by atoms with E-state index in [0.29, 0.717) is 17.3 Å². The first-order valence-corrected chi connectivity index (χ1v) is 6.45. The van der Waals surface area contributed by atoms with E-state index in [1.54, 1.807) is 41.1 Å². The van der Waals surface area contributed by atoms with E-state index in [2.05, 4.69) is 13.2 Å². The smallest absolute Gasteiger partial charge is 0.415 e. The molecule has 0 heterocycles. The SMILES string of the molecule is C=C(O)/C(=C/C(=C)C(F)(F)F)N(I)c1cccc(C#N)c1. The molecule has 1 N–H and O–H groups in total. The lowest BCUT2D eigenvalue weighted by Gasteiger charge is -2.20. The Morgan fingerprint density at radius 3 is 2.48 bits per heavy atom. The number of nitriles is 1. The molecule has 0 spiro atoms. The maximum Gasteiger partial charge on any atom is 0.415 e. The van der Waals surface area contributed by atoms with Gasteiger partial charge in [0.05, 0.1) is 51.5 Å². The third kappa shape index (κ3) is 4.53. The maximum atomic E-state index is 12.5. The molecule has 0 atom stereocenters. The van der Waals surface area contributed by atoms with Crippen LogP contribution in [-0.2, 0) is 0 Å². The fourth-order valence-corrected chi connectivity index (χ4v) is 2.05. The number of nitrogens with zero attached hydrogens (tertiary/aromatic N) is 2. The van der Waals surface area contributed by atoms with Gasteiger partial charge in [-0.05, 0) is 24.3 Å². The molecular formula is C14H10F3IN2O. The molecule has 1 aromatic rings. The molecule has 0 saturated carbocycles. The second-order valence-corrected chi connectivity index (χ2v) is 4.91. The van der Waals surface area contributed by atoms with Crippen LogP contribution in [0.4, 0.5) is 18.9 Å². The largest absolute Gasteiger partial charge is 0.506 e. The molecular weight excluding hydrogens is 396 g/mol. The Hall–Kier alpha value is -1.95. The lowest BCUT2D eigenvalue weighted by Crippen LogP contribution is -2.15. The standard InChI is InChI=1S/C14H10F3IN2O/c1-9(14(15,16)17)6-13(10(2)21)20(18)12-5-3-4-11(7-12)8-19/h3-7,21H,1-2H2/b13-6-. The minimum Gasteiger partial charge on any atom is -0.506 e. The number of halogens is 4. The zero-order valence-electron chi connectivity index (χ0n) is 10.7. The second-order valence-electron chi connectivity index (χ2n) is 3.94. The fraction of sp³-hybridized carbons (Fsp3) is 0.0714. The molecule has 0 fully saturated rings. The van der Waals surface area contributed by atoms with Gasteiger partial charge in [-0.15, -0.1) is 0 Å². The first-order chi connectivity index (χ1) is 9.66. The third-order valence-corrected chi connectivity index (χ3v) is 3.46. The highest BCUT2D eigenvalue weighted by Crippen LogP contribution is 2.31. The van der Waals surface area contributed by atoms with E-state index < -0.39 is 17.5 Å². The quantitative estimate of drug-likeness (QED) is 0.339. The summed E-state index contributed by atoms with van der Waals surface area (Å²) in [7, 11) is 0. The first kappa shape index (κ1) is 17.1. The summed E-state index contributed by atoms with van der Waals surface area (Å²) in [5.74, 6) is -0.544. The topological polar surface area (TPSA) is 47.3 Å². The molecule has 0 aromatic heterocycles. The molecule has 1 aromatic carbocycles. The van der Waals surface area contributed by atoms with Crippen molar-refractivity contribution in [2.75, 3.05) is 3.11 Å². The Balaban J connectivity index is 3.23. The van der Waals surface area contributed by atoms with Crippen LogP contribution in [0.2, 0.25) is 0 Å². The summed E-state index contributed by atoms with van der Waals surface area (Å²) in [5.41, 5.74) is -0.531. The van der Waals surface area contributed by atoms with E-state index in [9.17, 15) is 18.3 Å². The summed E-state index contributed by atoms with van der Waals surface area (Å²) in [6.07, 6.45) is -3.92. The zero-order chi connectivity index (χ0) is 16.2. The number of allylic oxidation sites excluding steroid dienone is 2. The molecule has 1 rings (SSSR count). The van der Waals surface area contributed by atoms with E-state index >= 15 is 0 Å². The molecule has 0 radical (unpaired) electrons. The van der Waals surface area contributed by atoms with Gasteiger partial charge in [0.2, 0.25) is 0 Å².